The van der Waals surface area contributed by atoms with Crippen LogP contribution in [-0.4, -0.2) is 25.5 Å². The van der Waals surface area contributed by atoms with Crippen LogP contribution in [-0.2, 0) is 0 Å². The number of hydrogen-bond donors (Lipinski definition) is 2. The summed E-state index contributed by atoms with van der Waals surface area (Å²) < 4.78 is 0. The Morgan fingerprint density at radius 1 is 1.10 bits per heavy atom. The van der Waals surface area contributed by atoms with Gasteiger partial charge in [0.2, 0.25) is 0 Å². The highest BCUT2D eigenvalue weighted by molar-refractivity contribution is 4.42. The van der Waals surface area contributed by atoms with Crippen molar-refractivity contribution >= 4 is 0 Å². The number of unbranched alkanes of at least 4 members (excludes halogenated alkanes) is 2. The molecule has 10 heavy (non-hydrogen) atoms. The van der Waals surface area contributed by atoms with Gasteiger partial charge in [-0.3, -0.25) is 11.7 Å². The van der Waals surface area contributed by atoms with Crippen molar-refractivity contribution in [2.45, 2.75) is 26.2 Å². The quantitative estimate of drug-likeness (QED) is 0.347. The molecule has 0 aromatic rings. The number of nitrogens with two attached hydrogens (primary N) is 2. The van der Waals surface area contributed by atoms with E-state index in [1.54, 1.807) is 0 Å². The highest BCUT2D eigenvalue weighted by Gasteiger charge is 1.86. The molecule has 0 rings (SSSR count). The molecule has 3 heteroatoms. The first kappa shape index (κ1) is 12.5. The molecule has 0 aromatic heterocycles. The van der Waals surface area contributed by atoms with E-state index in [2.05, 4.69) is 37.6 Å². The van der Waals surface area contributed by atoms with E-state index >= 15 is 0 Å². The maximum Gasteiger partial charge on any atom is -0.00248 e. The van der Waals surface area contributed by atoms with E-state index in [1.807, 2.05) is 0 Å². The van der Waals surface area contributed by atoms with Gasteiger partial charge in [0.05, 0.1) is 0 Å². The van der Waals surface area contributed by atoms with Gasteiger partial charge in [-0.25, -0.2) is 0 Å². The summed E-state index contributed by atoms with van der Waals surface area (Å²) in [5.41, 5.74) is 0. The molecular formula is C7H21N3. The largest absolute Gasteiger partial charge is 0.309 e. The number of hydrazine groups is 1. The Hall–Kier alpha value is -0.120. The minimum absolute atomic E-state index is 1.24. The fourth-order valence-electron chi connectivity index (χ4n) is 0.678. The lowest BCUT2D eigenvalue weighted by atomic mass is 10.2. The van der Waals surface area contributed by atoms with Crippen molar-refractivity contribution in [3.63, 3.8) is 0 Å². The molecule has 0 heterocycles. The first-order chi connectivity index (χ1) is 4.77. The van der Waals surface area contributed by atoms with E-state index in [4.69, 9.17) is 0 Å². The minimum atomic E-state index is 1.24. The van der Waals surface area contributed by atoms with Crippen LogP contribution >= 0.6 is 0 Å². The second kappa shape index (κ2) is 11.6. The van der Waals surface area contributed by atoms with Crippen molar-refractivity contribution in [2.75, 3.05) is 20.6 Å². The zero-order chi connectivity index (χ0) is 8.41. The maximum absolute atomic E-state index is 4.00. The van der Waals surface area contributed by atoms with Crippen molar-refractivity contribution in [3.05, 3.63) is 0 Å². The summed E-state index contributed by atoms with van der Waals surface area (Å²) in [5.74, 6) is 8.00. The van der Waals surface area contributed by atoms with Crippen molar-refractivity contribution in [1.82, 2.24) is 4.90 Å². The predicted molar refractivity (Wildman–Crippen MR) is 46.5 cm³/mol. The van der Waals surface area contributed by atoms with Crippen LogP contribution in [0.3, 0.4) is 0 Å². The average Bonchev–Trinajstić information content (AvgIpc) is 1.92. The molecule has 0 atom stereocenters. The molecule has 0 radical (unpaired) electrons. The minimum Gasteiger partial charge on any atom is -0.309 e. The van der Waals surface area contributed by atoms with Crippen LogP contribution in [0.15, 0.2) is 0 Å². The normalized spacial score (nSPS) is 9.00. The van der Waals surface area contributed by atoms with Crippen LogP contribution in [0.4, 0.5) is 0 Å². The lowest BCUT2D eigenvalue weighted by molar-refractivity contribution is 0.393. The molecule has 0 aliphatic carbocycles. The average molecular weight is 147 g/mol. The zero-order valence-electron chi connectivity index (χ0n) is 7.43. The van der Waals surface area contributed by atoms with Crippen LogP contribution in [0, 0.1) is 0 Å². The van der Waals surface area contributed by atoms with Crippen LogP contribution in [0.25, 0.3) is 0 Å². The number of hydrogen-bond acceptors (Lipinski definition) is 3. The molecule has 0 amide bonds. The summed E-state index contributed by atoms with van der Waals surface area (Å²) in [5, 5.41) is 0. The molecule has 0 saturated heterocycles. The van der Waals surface area contributed by atoms with E-state index in [9.17, 15) is 0 Å². The molecule has 0 bridgehead atoms. The van der Waals surface area contributed by atoms with Crippen LogP contribution in [0.5, 0.6) is 0 Å². The standard InChI is InChI=1S/C7H17N.H4N2/c1-4-5-6-7-8(2)3;1-2/h4-7H2,1-3H3;1-2H2. The number of nitrogens with zero attached hydrogens (tertiary/aromatic N) is 1. The fraction of sp³-hybridized carbons (Fsp3) is 1.00. The van der Waals surface area contributed by atoms with E-state index in [-0.39, 0.29) is 0 Å². The van der Waals surface area contributed by atoms with Crippen molar-refractivity contribution in [1.29, 1.82) is 0 Å². The van der Waals surface area contributed by atoms with Gasteiger partial charge in [-0.2, -0.15) is 0 Å². The first-order valence-electron chi connectivity index (χ1n) is 3.75. The Morgan fingerprint density at radius 2 is 1.60 bits per heavy atom. The number of rotatable bonds is 4. The Labute approximate surface area is 64.3 Å². The highest BCUT2D eigenvalue weighted by atomic mass is 15.0. The van der Waals surface area contributed by atoms with E-state index in [0.29, 0.717) is 0 Å². The Bertz CT molecular complexity index is 46.1. The lowest BCUT2D eigenvalue weighted by Crippen LogP contribution is -2.12. The SMILES string of the molecule is CCCCCN(C)C.NN. The smallest absolute Gasteiger partial charge is 0.00248 e. The maximum atomic E-state index is 4.00. The van der Waals surface area contributed by atoms with Gasteiger partial charge in [0.15, 0.2) is 0 Å². The second-order valence-electron chi connectivity index (χ2n) is 2.51. The van der Waals surface area contributed by atoms with Crippen LogP contribution in [0.2, 0.25) is 0 Å². The van der Waals surface area contributed by atoms with Gasteiger partial charge in [0.1, 0.15) is 0 Å². The van der Waals surface area contributed by atoms with Crippen LogP contribution < -0.4 is 11.7 Å². The third-order valence-electron chi connectivity index (χ3n) is 1.21. The molecule has 64 valence electrons. The monoisotopic (exact) mass is 147 g/mol. The Kier molecular flexibility index (Phi) is 14.6. The van der Waals surface area contributed by atoms with Gasteiger partial charge < -0.3 is 4.90 Å². The summed E-state index contributed by atoms with van der Waals surface area (Å²) in [6, 6.07) is 0. The molecule has 0 fully saturated rings. The van der Waals surface area contributed by atoms with Gasteiger partial charge in [-0.1, -0.05) is 19.8 Å². The fourth-order valence-corrected chi connectivity index (χ4v) is 0.678. The van der Waals surface area contributed by atoms with Gasteiger partial charge in [-0.05, 0) is 27.1 Å². The molecule has 3 nitrogen and oxygen atoms in total. The third kappa shape index (κ3) is 15.7. The molecule has 0 unspecified atom stereocenters. The Morgan fingerprint density at radius 3 is 1.90 bits per heavy atom. The highest BCUT2D eigenvalue weighted by Crippen LogP contribution is 1.93. The summed E-state index contributed by atoms with van der Waals surface area (Å²) in [4.78, 5) is 2.23. The van der Waals surface area contributed by atoms with E-state index in [1.165, 1.54) is 25.8 Å². The molecule has 4 N–H and O–H groups in total. The van der Waals surface area contributed by atoms with E-state index in [0.717, 1.165) is 0 Å². The summed E-state index contributed by atoms with van der Waals surface area (Å²) in [6.45, 7) is 3.48. The lowest BCUT2D eigenvalue weighted by Gasteiger charge is -2.06. The zero-order valence-corrected chi connectivity index (χ0v) is 7.43. The Balaban J connectivity index is 0. The molecule has 0 aliphatic heterocycles. The van der Waals surface area contributed by atoms with Crippen molar-refractivity contribution < 1.29 is 0 Å². The summed E-state index contributed by atoms with van der Waals surface area (Å²) in [7, 11) is 4.24. The second-order valence-corrected chi connectivity index (χ2v) is 2.51. The first-order valence-corrected chi connectivity index (χ1v) is 3.75. The molecule has 0 aliphatic rings. The van der Waals surface area contributed by atoms with Crippen molar-refractivity contribution in [3.8, 4) is 0 Å². The van der Waals surface area contributed by atoms with Gasteiger partial charge in [0.25, 0.3) is 0 Å². The summed E-state index contributed by atoms with van der Waals surface area (Å²) >= 11 is 0. The van der Waals surface area contributed by atoms with Gasteiger partial charge >= 0.3 is 0 Å². The topological polar surface area (TPSA) is 55.3 Å². The third-order valence-corrected chi connectivity index (χ3v) is 1.21. The molecular weight excluding hydrogens is 126 g/mol. The van der Waals surface area contributed by atoms with Crippen LogP contribution in [0.1, 0.15) is 26.2 Å². The summed E-state index contributed by atoms with van der Waals surface area (Å²) in [6.07, 6.45) is 4.05. The van der Waals surface area contributed by atoms with E-state index < -0.39 is 0 Å². The predicted octanol–water partition coefficient (Wildman–Crippen LogP) is 0.557. The van der Waals surface area contributed by atoms with Crippen molar-refractivity contribution in [2.24, 2.45) is 11.7 Å². The molecule has 0 saturated carbocycles. The molecule has 0 aromatic carbocycles. The van der Waals surface area contributed by atoms with Gasteiger partial charge in [0, 0.05) is 0 Å². The molecule has 0 spiro atoms. The van der Waals surface area contributed by atoms with Gasteiger partial charge in [-0.15, -0.1) is 0 Å².